The minimum absolute atomic E-state index is 0. The molecule has 5 nitrogen and oxygen atoms in total. The predicted octanol–water partition coefficient (Wildman–Crippen LogP) is 4.66. The molecule has 148 valence electrons. The Labute approximate surface area is 181 Å². The van der Waals surface area contributed by atoms with Crippen molar-refractivity contribution in [2.75, 3.05) is 6.54 Å². The standard InChI is InChI=1S/C21H23FN4O.HI/c1-3-23-21(24-12-16-9-10-19(22)15(2)11-16)25-13-18-14-27-20(26-18)17-7-5-4-6-8-17;/h4-11,14H,3,12-13H2,1-2H3,(H2,23,24,25);1H. The number of nitrogens with zero attached hydrogens (tertiary/aromatic N) is 2. The van der Waals surface area contributed by atoms with Gasteiger partial charge >= 0.3 is 0 Å². The second-order valence-electron chi connectivity index (χ2n) is 6.14. The van der Waals surface area contributed by atoms with Gasteiger partial charge < -0.3 is 15.1 Å². The van der Waals surface area contributed by atoms with Crippen LogP contribution >= 0.6 is 24.0 Å². The Morgan fingerprint density at radius 3 is 2.64 bits per heavy atom. The number of benzene rings is 2. The van der Waals surface area contributed by atoms with Crippen LogP contribution in [0.4, 0.5) is 4.39 Å². The van der Waals surface area contributed by atoms with E-state index < -0.39 is 0 Å². The summed E-state index contributed by atoms with van der Waals surface area (Å²) in [5.41, 5.74) is 3.31. The van der Waals surface area contributed by atoms with Gasteiger partial charge in [0.2, 0.25) is 5.89 Å². The Morgan fingerprint density at radius 2 is 1.93 bits per heavy atom. The first-order valence-electron chi connectivity index (χ1n) is 8.92. The first-order chi connectivity index (χ1) is 13.2. The molecule has 3 rings (SSSR count). The summed E-state index contributed by atoms with van der Waals surface area (Å²) in [6, 6.07) is 14.8. The normalized spacial score (nSPS) is 11.0. The van der Waals surface area contributed by atoms with Gasteiger partial charge in [0.1, 0.15) is 12.1 Å². The molecule has 0 saturated carbocycles. The van der Waals surface area contributed by atoms with Crippen molar-refractivity contribution in [2.45, 2.75) is 26.9 Å². The molecule has 3 aromatic rings. The Kier molecular flexibility index (Phi) is 8.43. The van der Waals surface area contributed by atoms with Gasteiger partial charge in [-0.25, -0.2) is 14.4 Å². The molecule has 0 aliphatic rings. The Bertz CT molecular complexity index is 912. The van der Waals surface area contributed by atoms with Crippen molar-refractivity contribution in [3.63, 3.8) is 0 Å². The van der Waals surface area contributed by atoms with Gasteiger partial charge in [0.25, 0.3) is 0 Å². The van der Waals surface area contributed by atoms with E-state index in [0.717, 1.165) is 23.4 Å². The van der Waals surface area contributed by atoms with Crippen LogP contribution in [0.15, 0.2) is 64.2 Å². The molecule has 0 spiro atoms. The highest BCUT2D eigenvalue weighted by atomic mass is 127. The summed E-state index contributed by atoms with van der Waals surface area (Å²) in [6.07, 6.45) is 1.64. The molecule has 0 bridgehead atoms. The molecular formula is C21H24FIN4O. The fraction of sp³-hybridized carbons (Fsp3) is 0.238. The van der Waals surface area contributed by atoms with Gasteiger partial charge in [-0.05, 0) is 43.2 Å². The Morgan fingerprint density at radius 1 is 1.14 bits per heavy atom. The monoisotopic (exact) mass is 494 g/mol. The van der Waals surface area contributed by atoms with Gasteiger partial charge in [0.05, 0.1) is 18.8 Å². The zero-order valence-corrected chi connectivity index (χ0v) is 18.2. The summed E-state index contributed by atoms with van der Waals surface area (Å²) in [4.78, 5) is 9.05. The molecular weight excluding hydrogens is 470 g/mol. The van der Waals surface area contributed by atoms with Crippen LogP contribution in [0.3, 0.4) is 0 Å². The maximum absolute atomic E-state index is 13.4. The first kappa shape index (κ1) is 21.9. The van der Waals surface area contributed by atoms with Crippen molar-refractivity contribution in [2.24, 2.45) is 4.99 Å². The highest BCUT2D eigenvalue weighted by molar-refractivity contribution is 14.0. The summed E-state index contributed by atoms with van der Waals surface area (Å²) in [7, 11) is 0. The van der Waals surface area contributed by atoms with Crippen molar-refractivity contribution >= 4 is 29.9 Å². The zero-order chi connectivity index (χ0) is 19.1. The largest absolute Gasteiger partial charge is 0.444 e. The van der Waals surface area contributed by atoms with E-state index in [1.165, 1.54) is 6.07 Å². The molecule has 0 saturated heterocycles. The number of guanidine groups is 1. The van der Waals surface area contributed by atoms with Crippen molar-refractivity contribution in [3.8, 4) is 11.5 Å². The average molecular weight is 494 g/mol. The molecule has 0 fully saturated rings. The molecule has 28 heavy (non-hydrogen) atoms. The number of hydrogen-bond acceptors (Lipinski definition) is 3. The second-order valence-corrected chi connectivity index (χ2v) is 6.14. The number of nitrogens with one attached hydrogen (secondary N) is 2. The summed E-state index contributed by atoms with van der Waals surface area (Å²) in [5.74, 6) is 1.06. The Balaban J connectivity index is 0.00000280. The van der Waals surface area contributed by atoms with Crippen LogP contribution in [-0.2, 0) is 13.1 Å². The highest BCUT2D eigenvalue weighted by Gasteiger charge is 2.07. The molecule has 0 aliphatic heterocycles. The lowest BCUT2D eigenvalue weighted by Crippen LogP contribution is -2.36. The van der Waals surface area contributed by atoms with Crippen LogP contribution in [0.2, 0.25) is 0 Å². The van der Waals surface area contributed by atoms with Gasteiger partial charge in [-0.2, -0.15) is 0 Å². The van der Waals surface area contributed by atoms with Crippen LogP contribution in [0.5, 0.6) is 0 Å². The molecule has 0 atom stereocenters. The maximum Gasteiger partial charge on any atom is 0.226 e. The van der Waals surface area contributed by atoms with Gasteiger partial charge in [-0.3, -0.25) is 0 Å². The lowest BCUT2D eigenvalue weighted by molar-refractivity contribution is 0.572. The zero-order valence-electron chi connectivity index (χ0n) is 15.9. The van der Waals surface area contributed by atoms with Crippen LogP contribution in [-0.4, -0.2) is 17.5 Å². The lowest BCUT2D eigenvalue weighted by Gasteiger charge is -2.10. The van der Waals surface area contributed by atoms with Crippen LogP contribution in [0, 0.1) is 12.7 Å². The van der Waals surface area contributed by atoms with Crippen molar-refractivity contribution in [1.82, 2.24) is 15.6 Å². The number of halogens is 2. The minimum atomic E-state index is -0.201. The molecule has 0 aliphatic carbocycles. The van der Waals surface area contributed by atoms with Gasteiger partial charge in [-0.15, -0.1) is 24.0 Å². The van der Waals surface area contributed by atoms with Gasteiger partial charge in [0.15, 0.2) is 5.96 Å². The van der Waals surface area contributed by atoms with Crippen LogP contribution in [0.25, 0.3) is 11.5 Å². The molecule has 2 N–H and O–H groups in total. The SMILES string of the molecule is CCNC(=NCc1ccc(F)c(C)c1)NCc1coc(-c2ccccc2)n1.I. The quantitative estimate of drug-likeness (QED) is 0.297. The maximum atomic E-state index is 13.4. The molecule has 7 heteroatoms. The van der Waals surface area contributed by atoms with E-state index in [4.69, 9.17) is 4.42 Å². The Hall–Kier alpha value is -2.42. The van der Waals surface area contributed by atoms with Crippen molar-refractivity contribution in [3.05, 3.63) is 77.4 Å². The van der Waals surface area contributed by atoms with E-state index >= 15 is 0 Å². The third kappa shape index (κ3) is 6.05. The number of aromatic nitrogens is 1. The molecule has 0 unspecified atom stereocenters. The third-order valence-corrected chi connectivity index (χ3v) is 4.00. The van der Waals surface area contributed by atoms with Crippen molar-refractivity contribution in [1.29, 1.82) is 0 Å². The van der Waals surface area contributed by atoms with E-state index in [9.17, 15) is 4.39 Å². The molecule has 2 aromatic carbocycles. The predicted molar refractivity (Wildman–Crippen MR) is 120 cm³/mol. The van der Waals surface area contributed by atoms with E-state index in [1.807, 2.05) is 43.3 Å². The first-order valence-corrected chi connectivity index (χ1v) is 8.92. The van der Waals surface area contributed by atoms with Crippen LogP contribution in [0.1, 0.15) is 23.7 Å². The smallest absolute Gasteiger partial charge is 0.226 e. The fourth-order valence-corrected chi connectivity index (χ4v) is 2.59. The third-order valence-electron chi connectivity index (χ3n) is 4.00. The van der Waals surface area contributed by atoms with E-state index in [1.54, 1.807) is 19.3 Å². The number of hydrogen-bond donors (Lipinski definition) is 2. The molecule has 1 aromatic heterocycles. The summed E-state index contributed by atoms with van der Waals surface area (Å²) >= 11 is 0. The number of oxazole rings is 1. The lowest BCUT2D eigenvalue weighted by atomic mass is 10.1. The molecule has 1 heterocycles. The van der Waals surface area contributed by atoms with Crippen molar-refractivity contribution < 1.29 is 8.81 Å². The van der Waals surface area contributed by atoms with E-state index in [2.05, 4.69) is 20.6 Å². The minimum Gasteiger partial charge on any atom is -0.444 e. The fourth-order valence-electron chi connectivity index (χ4n) is 2.59. The number of aryl methyl sites for hydroxylation is 1. The van der Waals surface area contributed by atoms with Gasteiger partial charge in [0, 0.05) is 12.1 Å². The van der Waals surface area contributed by atoms with E-state index in [-0.39, 0.29) is 29.8 Å². The summed E-state index contributed by atoms with van der Waals surface area (Å²) in [5, 5.41) is 6.43. The van der Waals surface area contributed by atoms with Gasteiger partial charge in [-0.1, -0.05) is 30.3 Å². The van der Waals surface area contributed by atoms with E-state index in [0.29, 0.717) is 30.5 Å². The second kappa shape index (κ2) is 10.8. The average Bonchev–Trinajstić information content (AvgIpc) is 3.16. The summed E-state index contributed by atoms with van der Waals surface area (Å²) in [6.45, 7) is 5.45. The summed E-state index contributed by atoms with van der Waals surface area (Å²) < 4.78 is 18.9. The number of rotatable bonds is 6. The highest BCUT2D eigenvalue weighted by Crippen LogP contribution is 2.17. The number of aliphatic imine (C=N–C) groups is 1. The molecule has 0 amide bonds. The molecule has 0 radical (unpaired) electrons. The topological polar surface area (TPSA) is 62.5 Å². The van der Waals surface area contributed by atoms with Crippen LogP contribution < -0.4 is 10.6 Å².